The standard InChI is InChI=1S/C13H19F2N/c1-8-5-6-9(14)11(12(8)15)10(16)7-13(2,3)4/h5-6,10H,7,16H2,1-4H3. The molecular formula is C13H19F2N. The summed E-state index contributed by atoms with van der Waals surface area (Å²) in [5, 5.41) is 0. The Hall–Kier alpha value is -0.960. The van der Waals surface area contributed by atoms with Crippen molar-refractivity contribution in [3.8, 4) is 0 Å². The summed E-state index contributed by atoms with van der Waals surface area (Å²) in [7, 11) is 0. The maximum atomic E-state index is 13.8. The molecule has 1 aromatic rings. The lowest BCUT2D eigenvalue weighted by Gasteiger charge is -2.24. The third kappa shape index (κ3) is 3.01. The summed E-state index contributed by atoms with van der Waals surface area (Å²) in [5.74, 6) is -1.07. The molecule has 0 aromatic heterocycles. The average molecular weight is 227 g/mol. The first kappa shape index (κ1) is 13.1. The van der Waals surface area contributed by atoms with Crippen LogP contribution in [0.5, 0.6) is 0 Å². The van der Waals surface area contributed by atoms with E-state index in [9.17, 15) is 8.78 Å². The zero-order valence-electron chi connectivity index (χ0n) is 10.3. The molecule has 0 aliphatic rings. The second-order valence-electron chi connectivity index (χ2n) is 5.46. The van der Waals surface area contributed by atoms with Gasteiger partial charge in [-0.05, 0) is 30.4 Å². The highest BCUT2D eigenvalue weighted by Gasteiger charge is 2.23. The fourth-order valence-corrected chi connectivity index (χ4v) is 1.78. The number of aryl methyl sites for hydroxylation is 1. The molecule has 1 nitrogen and oxygen atoms in total. The molecule has 1 rings (SSSR count). The summed E-state index contributed by atoms with van der Waals surface area (Å²) in [6, 6.07) is 2.11. The number of hydrogen-bond donors (Lipinski definition) is 1. The molecule has 0 bridgehead atoms. The van der Waals surface area contributed by atoms with Gasteiger partial charge in [0.05, 0.1) is 0 Å². The molecule has 0 fully saturated rings. The van der Waals surface area contributed by atoms with Crippen LogP contribution in [0, 0.1) is 24.0 Å². The van der Waals surface area contributed by atoms with Crippen LogP contribution in [-0.4, -0.2) is 0 Å². The Balaban J connectivity index is 3.08. The molecule has 90 valence electrons. The van der Waals surface area contributed by atoms with Gasteiger partial charge in [-0.1, -0.05) is 26.8 Å². The van der Waals surface area contributed by atoms with Crippen molar-refractivity contribution in [1.82, 2.24) is 0 Å². The number of rotatable bonds is 2. The van der Waals surface area contributed by atoms with Gasteiger partial charge in [0.15, 0.2) is 0 Å². The van der Waals surface area contributed by atoms with Gasteiger partial charge in [-0.3, -0.25) is 0 Å². The SMILES string of the molecule is Cc1ccc(F)c(C(N)CC(C)(C)C)c1F. The number of halogens is 2. The Labute approximate surface area is 95.7 Å². The van der Waals surface area contributed by atoms with Gasteiger partial charge in [0, 0.05) is 11.6 Å². The minimum Gasteiger partial charge on any atom is -0.324 e. The fraction of sp³-hybridized carbons (Fsp3) is 0.538. The zero-order valence-corrected chi connectivity index (χ0v) is 10.3. The molecular weight excluding hydrogens is 208 g/mol. The highest BCUT2D eigenvalue weighted by Crippen LogP contribution is 2.31. The van der Waals surface area contributed by atoms with Crippen LogP contribution in [0.1, 0.15) is 44.4 Å². The van der Waals surface area contributed by atoms with Gasteiger partial charge in [0.2, 0.25) is 0 Å². The van der Waals surface area contributed by atoms with Crippen LogP contribution in [0.15, 0.2) is 12.1 Å². The second kappa shape index (κ2) is 4.50. The van der Waals surface area contributed by atoms with Crippen molar-refractivity contribution in [2.24, 2.45) is 11.1 Å². The lowest BCUT2D eigenvalue weighted by atomic mass is 9.85. The van der Waals surface area contributed by atoms with Crippen LogP contribution < -0.4 is 5.73 Å². The van der Waals surface area contributed by atoms with E-state index in [1.54, 1.807) is 6.92 Å². The van der Waals surface area contributed by atoms with Crippen LogP contribution in [0.4, 0.5) is 8.78 Å². The molecule has 16 heavy (non-hydrogen) atoms. The third-order valence-corrected chi connectivity index (χ3v) is 2.52. The van der Waals surface area contributed by atoms with Crippen molar-refractivity contribution in [1.29, 1.82) is 0 Å². The normalized spacial score (nSPS) is 13.9. The monoisotopic (exact) mass is 227 g/mol. The third-order valence-electron chi connectivity index (χ3n) is 2.52. The molecule has 2 N–H and O–H groups in total. The van der Waals surface area contributed by atoms with E-state index >= 15 is 0 Å². The minimum absolute atomic E-state index is 0.00919. The Bertz CT molecular complexity index is 380. The Kier molecular flexibility index (Phi) is 3.68. The van der Waals surface area contributed by atoms with E-state index in [2.05, 4.69) is 0 Å². The quantitative estimate of drug-likeness (QED) is 0.819. The van der Waals surface area contributed by atoms with E-state index < -0.39 is 17.7 Å². The van der Waals surface area contributed by atoms with E-state index in [1.165, 1.54) is 12.1 Å². The lowest BCUT2D eigenvalue weighted by Crippen LogP contribution is -2.21. The van der Waals surface area contributed by atoms with E-state index in [4.69, 9.17) is 5.73 Å². The van der Waals surface area contributed by atoms with Gasteiger partial charge < -0.3 is 5.73 Å². The highest BCUT2D eigenvalue weighted by atomic mass is 19.1. The van der Waals surface area contributed by atoms with Crippen LogP contribution in [0.3, 0.4) is 0 Å². The molecule has 0 aliphatic carbocycles. The molecule has 0 saturated carbocycles. The molecule has 1 unspecified atom stereocenters. The van der Waals surface area contributed by atoms with Gasteiger partial charge in [-0.15, -0.1) is 0 Å². The first-order valence-corrected chi connectivity index (χ1v) is 5.42. The average Bonchev–Trinajstić information content (AvgIpc) is 2.09. The second-order valence-corrected chi connectivity index (χ2v) is 5.46. The van der Waals surface area contributed by atoms with Gasteiger partial charge in [-0.25, -0.2) is 8.78 Å². The van der Waals surface area contributed by atoms with Crippen molar-refractivity contribution in [2.45, 2.75) is 40.2 Å². The first-order chi connectivity index (χ1) is 7.22. The lowest BCUT2D eigenvalue weighted by molar-refractivity contribution is 0.333. The summed E-state index contributed by atoms with van der Waals surface area (Å²) in [4.78, 5) is 0. The van der Waals surface area contributed by atoms with Gasteiger partial charge in [0.25, 0.3) is 0 Å². The van der Waals surface area contributed by atoms with Crippen molar-refractivity contribution in [3.63, 3.8) is 0 Å². The molecule has 0 radical (unpaired) electrons. The topological polar surface area (TPSA) is 26.0 Å². The van der Waals surface area contributed by atoms with Gasteiger partial charge in [-0.2, -0.15) is 0 Å². The Morgan fingerprint density at radius 3 is 2.31 bits per heavy atom. The summed E-state index contributed by atoms with van der Waals surface area (Å²) >= 11 is 0. The molecule has 1 atom stereocenters. The predicted octanol–water partition coefficient (Wildman–Crippen LogP) is 3.71. The van der Waals surface area contributed by atoms with E-state index in [-0.39, 0.29) is 11.0 Å². The van der Waals surface area contributed by atoms with E-state index in [1.807, 2.05) is 20.8 Å². The summed E-state index contributed by atoms with van der Waals surface area (Å²) in [5.41, 5.74) is 6.26. The number of nitrogens with two attached hydrogens (primary N) is 1. The van der Waals surface area contributed by atoms with Gasteiger partial charge >= 0.3 is 0 Å². The maximum Gasteiger partial charge on any atom is 0.133 e. The Morgan fingerprint density at radius 1 is 1.25 bits per heavy atom. The smallest absolute Gasteiger partial charge is 0.133 e. The molecule has 0 heterocycles. The van der Waals surface area contributed by atoms with Crippen LogP contribution in [0.25, 0.3) is 0 Å². The molecule has 0 spiro atoms. The first-order valence-electron chi connectivity index (χ1n) is 5.42. The summed E-state index contributed by atoms with van der Waals surface area (Å²) in [6.45, 7) is 7.61. The van der Waals surface area contributed by atoms with Crippen LogP contribution >= 0.6 is 0 Å². The minimum atomic E-state index is -0.597. The largest absolute Gasteiger partial charge is 0.324 e. The van der Waals surface area contributed by atoms with E-state index in [0.717, 1.165) is 0 Å². The fourth-order valence-electron chi connectivity index (χ4n) is 1.78. The summed E-state index contributed by atoms with van der Waals surface area (Å²) in [6.07, 6.45) is 0.546. The Morgan fingerprint density at radius 2 is 1.81 bits per heavy atom. The van der Waals surface area contributed by atoms with Crippen molar-refractivity contribution in [3.05, 3.63) is 34.9 Å². The zero-order chi connectivity index (χ0) is 12.5. The van der Waals surface area contributed by atoms with Gasteiger partial charge in [0.1, 0.15) is 11.6 Å². The maximum absolute atomic E-state index is 13.8. The van der Waals surface area contributed by atoms with E-state index in [0.29, 0.717) is 12.0 Å². The summed E-state index contributed by atoms with van der Waals surface area (Å²) < 4.78 is 27.3. The molecule has 0 saturated heterocycles. The van der Waals surface area contributed by atoms with Crippen molar-refractivity contribution in [2.75, 3.05) is 0 Å². The molecule has 0 aliphatic heterocycles. The highest BCUT2D eigenvalue weighted by molar-refractivity contribution is 5.29. The van der Waals surface area contributed by atoms with Crippen LogP contribution in [0.2, 0.25) is 0 Å². The van der Waals surface area contributed by atoms with Crippen molar-refractivity contribution < 1.29 is 8.78 Å². The molecule has 0 amide bonds. The van der Waals surface area contributed by atoms with Crippen molar-refractivity contribution >= 4 is 0 Å². The molecule has 1 aromatic carbocycles. The molecule has 3 heteroatoms. The number of hydrogen-bond acceptors (Lipinski definition) is 1. The number of benzene rings is 1. The predicted molar refractivity (Wildman–Crippen MR) is 62.1 cm³/mol. The van der Waals surface area contributed by atoms with Crippen LogP contribution in [-0.2, 0) is 0 Å².